The first-order valence-corrected chi connectivity index (χ1v) is 7.08. The summed E-state index contributed by atoms with van der Waals surface area (Å²) in [5.41, 5.74) is 0. The number of hydrogen-bond donors (Lipinski definition) is 3. The molecule has 0 saturated carbocycles. The number of ether oxygens (including phenoxy) is 4. The largest absolute Gasteiger partial charge is 0.510 e. The zero-order chi connectivity index (χ0) is 17.6. The van der Waals surface area contributed by atoms with Crippen LogP contribution in [0.3, 0.4) is 0 Å². The third kappa shape index (κ3) is 5.47. The maximum Gasteiger partial charge on any atom is 0.510 e. The predicted molar refractivity (Wildman–Crippen MR) is 75.1 cm³/mol. The van der Waals surface area contributed by atoms with E-state index in [0.717, 1.165) is 0 Å². The molecule has 1 heterocycles. The molecule has 1 saturated heterocycles. The van der Waals surface area contributed by atoms with E-state index >= 15 is 0 Å². The Hall–Kier alpha value is -1.68. The van der Waals surface area contributed by atoms with Crippen LogP contribution in [0.5, 0.6) is 0 Å². The minimum absolute atomic E-state index is 0.0637. The Morgan fingerprint density at radius 1 is 1.17 bits per heavy atom. The van der Waals surface area contributed by atoms with Gasteiger partial charge in [-0.25, -0.2) is 9.59 Å². The zero-order valence-electron chi connectivity index (χ0n) is 13.0. The first-order valence-electron chi connectivity index (χ1n) is 7.08. The van der Waals surface area contributed by atoms with E-state index < -0.39 is 42.8 Å². The lowest BCUT2D eigenvalue weighted by Crippen LogP contribution is -2.61. The Kier molecular flexibility index (Phi) is 7.43. The van der Waals surface area contributed by atoms with Crippen LogP contribution in [-0.2, 0) is 23.7 Å². The van der Waals surface area contributed by atoms with E-state index in [4.69, 9.17) is 18.9 Å². The highest BCUT2D eigenvalue weighted by atomic mass is 16.8. The second-order valence-corrected chi connectivity index (χ2v) is 5.39. The summed E-state index contributed by atoms with van der Waals surface area (Å²) in [6.45, 7) is 6.93. The third-order valence-electron chi connectivity index (χ3n) is 2.89. The van der Waals surface area contributed by atoms with E-state index in [9.17, 15) is 24.9 Å². The van der Waals surface area contributed by atoms with Crippen molar-refractivity contribution in [1.82, 2.24) is 0 Å². The van der Waals surface area contributed by atoms with Crippen molar-refractivity contribution in [3.8, 4) is 0 Å². The van der Waals surface area contributed by atoms with Crippen LogP contribution < -0.4 is 0 Å². The van der Waals surface area contributed by atoms with Gasteiger partial charge in [0.25, 0.3) is 0 Å². The fourth-order valence-electron chi connectivity index (χ4n) is 1.73. The lowest BCUT2D eigenvalue weighted by atomic mass is 9.99. The molecule has 0 radical (unpaired) electrons. The Balaban J connectivity index is 2.69. The Morgan fingerprint density at radius 3 is 2.39 bits per heavy atom. The second-order valence-electron chi connectivity index (χ2n) is 5.39. The molecule has 0 aromatic heterocycles. The van der Waals surface area contributed by atoms with Gasteiger partial charge in [-0.15, -0.1) is 0 Å². The summed E-state index contributed by atoms with van der Waals surface area (Å²) in [4.78, 5) is 23.2. The van der Waals surface area contributed by atoms with Gasteiger partial charge in [0.1, 0.15) is 24.9 Å². The van der Waals surface area contributed by atoms with Gasteiger partial charge >= 0.3 is 12.1 Å². The Morgan fingerprint density at radius 2 is 1.83 bits per heavy atom. The monoisotopic (exact) mass is 334 g/mol. The van der Waals surface area contributed by atoms with Gasteiger partial charge in [-0.1, -0.05) is 26.5 Å². The highest BCUT2D eigenvalue weighted by Crippen LogP contribution is 2.23. The summed E-state index contributed by atoms with van der Waals surface area (Å²) in [7, 11) is 0. The van der Waals surface area contributed by atoms with Crippen LogP contribution >= 0.6 is 0 Å². The molecule has 1 aliphatic rings. The fraction of sp³-hybridized carbons (Fsp3) is 0.714. The molecular weight excluding hydrogens is 312 g/mol. The molecule has 0 unspecified atom stereocenters. The molecule has 9 nitrogen and oxygen atoms in total. The second kappa shape index (κ2) is 8.82. The highest BCUT2D eigenvalue weighted by Gasteiger charge is 2.49. The van der Waals surface area contributed by atoms with E-state index in [0.29, 0.717) is 0 Å². The number of carbonyl (C=O) groups excluding carboxylic acids is 2. The fourth-order valence-corrected chi connectivity index (χ4v) is 1.73. The van der Waals surface area contributed by atoms with E-state index in [1.165, 1.54) is 6.08 Å². The van der Waals surface area contributed by atoms with Gasteiger partial charge in [0.15, 0.2) is 6.10 Å². The van der Waals surface area contributed by atoms with Crippen molar-refractivity contribution in [2.24, 2.45) is 5.92 Å². The maximum atomic E-state index is 11.7. The lowest BCUT2D eigenvalue weighted by molar-refractivity contribution is -0.283. The van der Waals surface area contributed by atoms with Crippen LogP contribution in [0.4, 0.5) is 4.79 Å². The summed E-state index contributed by atoms with van der Waals surface area (Å²) in [6, 6.07) is 0. The molecule has 3 N–H and O–H groups in total. The minimum Gasteiger partial charge on any atom is -0.459 e. The molecule has 1 aliphatic heterocycles. The average molecular weight is 334 g/mol. The molecule has 0 bridgehead atoms. The molecule has 1 rings (SSSR count). The van der Waals surface area contributed by atoms with Crippen LogP contribution in [0.1, 0.15) is 13.8 Å². The topological polar surface area (TPSA) is 132 Å². The van der Waals surface area contributed by atoms with Gasteiger partial charge in [0, 0.05) is 0 Å². The normalized spacial score (nSPS) is 30.6. The third-order valence-corrected chi connectivity index (χ3v) is 2.89. The van der Waals surface area contributed by atoms with Gasteiger partial charge in [0.2, 0.25) is 6.29 Å². The minimum atomic E-state index is -1.77. The van der Waals surface area contributed by atoms with Crippen molar-refractivity contribution in [2.75, 3.05) is 13.2 Å². The number of esters is 1. The number of aliphatic hydroxyl groups is 3. The summed E-state index contributed by atoms with van der Waals surface area (Å²) in [5, 5.41) is 29.3. The van der Waals surface area contributed by atoms with Crippen LogP contribution in [0.2, 0.25) is 0 Å². The Bertz CT molecular complexity index is 422. The van der Waals surface area contributed by atoms with Gasteiger partial charge in [0.05, 0.1) is 6.61 Å². The van der Waals surface area contributed by atoms with E-state index in [2.05, 4.69) is 6.58 Å². The Labute approximate surface area is 133 Å². The standard InChI is InChI=1S/C14H22O9/c1-4-5-20-12(18)11-9(16)8(15)10(17)13(22-11)23-14(19)21-6-7(2)3/h4,7-11,13,15-17H,1,5-6H2,2-3H3/t8-,9-,10+,11-,13-/m0/s1. The summed E-state index contributed by atoms with van der Waals surface area (Å²) in [6.07, 6.45) is -8.41. The molecule has 0 aromatic carbocycles. The molecule has 1 fully saturated rings. The lowest BCUT2D eigenvalue weighted by Gasteiger charge is -2.38. The molecule has 132 valence electrons. The van der Waals surface area contributed by atoms with Gasteiger partial charge in [-0.3, -0.25) is 0 Å². The molecule has 9 heteroatoms. The first kappa shape index (κ1) is 19.4. The summed E-state index contributed by atoms with van der Waals surface area (Å²) in [5.74, 6) is -0.929. The van der Waals surface area contributed by atoms with Crippen LogP contribution in [0.25, 0.3) is 0 Å². The van der Waals surface area contributed by atoms with Crippen molar-refractivity contribution >= 4 is 12.1 Å². The first-order chi connectivity index (χ1) is 10.8. The van der Waals surface area contributed by atoms with Crippen LogP contribution in [0, 0.1) is 5.92 Å². The zero-order valence-corrected chi connectivity index (χ0v) is 13.0. The number of carbonyl (C=O) groups is 2. The molecular formula is C14H22O9. The maximum absolute atomic E-state index is 11.7. The quantitative estimate of drug-likeness (QED) is 0.427. The molecule has 0 aliphatic carbocycles. The number of aliphatic hydroxyl groups excluding tert-OH is 3. The number of hydrogen-bond acceptors (Lipinski definition) is 9. The summed E-state index contributed by atoms with van der Waals surface area (Å²) < 4.78 is 19.2. The van der Waals surface area contributed by atoms with E-state index in [-0.39, 0.29) is 19.1 Å². The summed E-state index contributed by atoms with van der Waals surface area (Å²) >= 11 is 0. The molecule has 23 heavy (non-hydrogen) atoms. The predicted octanol–water partition coefficient (Wildman–Crippen LogP) is -0.668. The van der Waals surface area contributed by atoms with Crippen molar-refractivity contribution in [3.05, 3.63) is 12.7 Å². The van der Waals surface area contributed by atoms with Gasteiger partial charge in [-0.05, 0) is 5.92 Å². The molecule has 0 spiro atoms. The van der Waals surface area contributed by atoms with Crippen molar-refractivity contribution in [3.63, 3.8) is 0 Å². The van der Waals surface area contributed by atoms with Crippen LogP contribution in [-0.4, -0.2) is 71.4 Å². The van der Waals surface area contributed by atoms with E-state index in [1.54, 1.807) is 0 Å². The van der Waals surface area contributed by atoms with Crippen molar-refractivity contribution < 1.29 is 43.9 Å². The highest BCUT2D eigenvalue weighted by molar-refractivity contribution is 5.76. The smallest absolute Gasteiger partial charge is 0.459 e. The van der Waals surface area contributed by atoms with Crippen molar-refractivity contribution in [1.29, 1.82) is 0 Å². The van der Waals surface area contributed by atoms with E-state index in [1.807, 2.05) is 13.8 Å². The van der Waals surface area contributed by atoms with Crippen molar-refractivity contribution in [2.45, 2.75) is 44.6 Å². The SMILES string of the molecule is C=CCOC(=O)[C@H]1O[C@@H](OC(=O)OCC(C)C)[C@H](O)[C@@H](O)[C@@H]1O. The van der Waals surface area contributed by atoms with Gasteiger partial charge < -0.3 is 34.3 Å². The number of rotatable bonds is 6. The molecule has 5 atom stereocenters. The van der Waals surface area contributed by atoms with Crippen LogP contribution in [0.15, 0.2) is 12.7 Å². The molecule has 0 amide bonds. The van der Waals surface area contributed by atoms with Gasteiger partial charge in [-0.2, -0.15) is 0 Å². The molecule has 0 aromatic rings. The average Bonchev–Trinajstić information content (AvgIpc) is 2.51.